The van der Waals surface area contributed by atoms with E-state index in [9.17, 15) is 23.5 Å². The topological polar surface area (TPSA) is 150 Å². The van der Waals surface area contributed by atoms with Crippen LogP contribution >= 0.6 is 0 Å². The fourth-order valence-corrected chi connectivity index (χ4v) is 5.38. The number of aliphatic imine (C=N–C) groups is 1. The van der Waals surface area contributed by atoms with Gasteiger partial charge in [-0.05, 0) is 64.7 Å². The van der Waals surface area contributed by atoms with Crippen LogP contribution in [0.5, 0.6) is 11.5 Å². The predicted molar refractivity (Wildman–Crippen MR) is 175 cm³/mol. The summed E-state index contributed by atoms with van der Waals surface area (Å²) < 4.78 is 57.6. The molecule has 4 aromatic rings. The van der Waals surface area contributed by atoms with Gasteiger partial charge in [-0.1, -0.05) is 59.7 Å². The summed E-state index contributed by atoms with van der Waals surface area (Å²) in [6, 6.07) is 25.4. The number of methoxy groups -OCH3 is 1. The second-order valence-corrected chi connectivity index (χ2v) is 11.1. The highest BCUT2D eigenvalue weighted by molar-refractivity contribution is 6.01. The van der Waals surface area contributed by atoms with E-state index in [-0.39, 0.29) is 36.7 Å². The number of benzene rings is 4. The third-order valence-electron chi connectivity index (χ3n) is 7.78. The van der Waals surface area contributed by atoms with Gasteiger partial charge in [-0.25, -0.2) is 10.4 Å². The molecule has 3 N–H and O–H groups in total. The van der Waals surface area contributed by atoms with Crippen LogP contribution in [-0.2, 0) is 28.7 Å². The van der Waals surface area contributed by atoms with Crippen LogP contribution in [-0.4, -0.2) is 42.8 Å². The maximum absolute atomic E-state index is 14.5. The number of carbonyl (C=O) groups excluding carboxylic acids is 1. The highest BCUT2D eigenvalue weighted by Crippen LogP contribution is 2.44. The zero-order valence-electron chi connectivity index (χ0n) is 26.4. The first-order valence-corrected chi connectivity index (χ1v) is 15.2. The third kappa shape index (κ3) is 8.30. The molecule has 0 unspecified atom stereocenters. The van der Waals surface area contributed by atoms with E-state index in [0.717, 1.165) is 12.1 Å². The Morgan fingerprint density at radius 3 is 2.55 bits per heavy atom. The Morgan fingerprint density at radius 2 is 1.82 bits per heavy atom. The quantitative estimate of drug-likeness (QED) is 0.0444. The second-order valence-electron chi connectivity index (χ2n) is 11.1. The first kappa shape index (κ1) is 34.8. The van der Waals surface area contributed by atoms with Gasteiger partial charge in [-0.2, -0.15) is 13.2 Å². The molecule has 0 bridgehead atoms. The number of nitrogens with one attached hydrogen (secondary N) is 2. The van der Waals surface area contributed by atoms with E-state index in [1.54, 1.807) is 72.8 Å². The number of aliphatic hydroxyl groups excluding tert-OH is 1. The normalized spacial score (nSPS) is 17.0. The van der Waals surface area contributed by atoms with Crippen LogP contribution in [0.15, 0.2) is 107 Å². The largest absolute Gasteiger partial charge is 0.497 e. The molecule has 49 heavy (non-hydrogen) atoms. The van der Waals surface area contributed by atoms with Crippen LogP contribution in [0.25, 0.3) is 10.4 Å². The van der Waals surface area contributed by atoms with Crippen LogP contribution in [0.1, 0.15) is 40.3 Å². The van der Waals surface area contributed by atoms with Crippen molar-refractivity contribution in [3.63, 3.8) is 0 Å². The lowest BCUT2D eigenvalue weighted by Gasteiger charge is -2.31. The summed E-state index contributed by atoms with van der Waals surface area (Å²) in [4.78, 5) is 22.3. The molecule has 254 valence electrons. The van der Waals surface area contributed by atoms with Crippen molar-refractivity contribution in [1.82, 2.24) is 10.9 Å². The summed E-state index contributed by atoms with van der Waals surface area (Å²) in [5.41, 5.74) is 14.3. The first-order chi connectivity index (χ1) is 23.7. The number of carbonyl (C=O) groups is 1. The molecule has 0 aliphatic carbocycles. The Hall–Kier alpha value is -5.56. The number of halogens is 3. The Kier molecular flexibility index (Phi) is 11.0. The summed E-state index contributed by atoms with van der Waals surface area (Å²) in [5, 5.41) is 12.9. The number of amides is 1. The van der Waals surface area contributed by atoms with E-state index < -0.39 is 29.3 Å². The van der Waals surface area contributed by atoms with Gasteiger partial charge in [-0.3, -0.25) is 10.2 Å². The highest BCUT2D eigenvalue weighted by Gasteiger charge is 2.53. The summed E-state index contributed by atoms with van der Waals surface area (Å²) in [6.45, 7) is 0.197. The molecule has 11 nitrogen and oxygen atoms in total. The van der Waals surface area contributed by atoms with Crippen LogP contribution in [0.3, 0.4) is 0 Å². The Bertz CT molecular complexity index is 1850. The number of nitrogens with zero attached hydrogens (tertiary/aromatic N) is 4. The van der Waals surface area contributed by atoms with Crippen molar-refractivity contribution in [2.24, 2.45) is 10.1 Å². The lowest BCUT2D eigenvalue weighted by atomic mass is 9.81. The minimum absolute atomic E-state index is 0.00383. The second kappa shape index (κ2) is 15.6. The van der Waals surface area contributed by atoms with Crippen molar-refractivity contribution >= 4 is 17.5 Å². The van der Waals surface area contributed by atoms with Crippen LogP contribution in [0.2, 0.25) is 0 Å². The molecular weight excluding hydrogens is 641 g/mol. The van der Waals surface area contributed by atoms with Crippen molar-refractivity contribution in [3.8, 4) is 11.5 Å². The summed E-state index contributed by atoms with van der Waals surface area (Å²) >= 11 is 0. The minimum atomic E-state index is -4.53. The summed E-state index contributed by atoms with van der Waals surface area (Å²) in [7, 11) is 1.51. The smallest absolute Gasteiger partial charge is 0.416 e. The lowest BCUT2D eigenvalue weighted by Crippen LogP contribution is -2.53. The molecule has 0 spiro atoms. The number of ether oxygens (including phenoxy) is 3. The Morgan fingerprint density at radius 1 is 1.04 bits per heavy atom. The predicted octanol–water partition coefficient (Wildman–Crippen LogP) is 6.74. The van der Waals surface area contributed by atoms with Gasteiger partial charge in [0.25, 0.3) is 5.91 Å². The number of hydrazine groups is 1. The maximum atomic E-state index is 14.5. The van der Waals surface area contributed by atoms with E-state index in [1.165, 1.54) is 19.2 Å². The molecule has 0 aromatic heterocycles. The SMILES string of the molecule is COc1cccc([C@@H]2OC(c3ccc(OCCCO)cc3)=N[C@]2(Cc2ccccc2N=[N+]=[N-])C(=O)NNCc2cccc(C(F)(F)F)c2)c1. The van der Waals surface area contributed by atoms with Crippen molar-refractivity contribution in [2.45, 2.75) is 37.2 Å². The Balaban J connectivity index is 1.56. The molecule has 1 aliphatic heterocycles. The fraction of sp³-hybridized carbons (Fsp3) is 0.257. The number of alkyl halides is 3. The molecule has 4 aromatic carbocycles. The minimum Gasteiger partial charge on any atom is -0.497 e. The van der Waals surface area contributed by atoms with Gasteiger partial charge in [-0.15, -0.1) is 0 Å². The number of hydrogen-bond acceptors (Lipinski definition) is 8. The van der Waals surface area contributed by atoms with E-state index in [0.29, 0.717) is 41.2 Å². The van der Waals surface area contributed by atoms with E-state index in [4.69, 9.17) is 24.3 Å². The van der Waals surface area contributed by atoms with Gasteiger partial charge in [0.2, 0.25) is 5.90 Å². The van der Waals surface area contributed by atoms with Gasteiger partial charge in [0, 0.05) is 42.2 Å². The summed E-state index contributed by atoms with van der Waals surface area (Å²) in [6.07, 6.45) is -5.18. The fourth-order valence-electron chi connectivity index (χ4n) is 5.38. The van der Waals surface area contributed by atoms with Crippen LogP contribution in [0, 0.1) is 0 Å². The standard InChI is InChI=1S/C35H33F3N6O5/c1-47-29-11-5-9-25(20-29)31-34(21-26-8-2-3-12-30(26)42-44-39,33(46)43-40-22-23-7-4-10-27(19-23)35(36,37)38)41-32(49-31)24-13-15-28(16-14-24)48-18-6-17-45/h2-5,7-16,19-20,31,40,45H,6,17-18,21-22H2,1H3,(H,43,46)/t31-,34-/m0/s1. The average Bonchev–Trinajstić information content (AvgIpc) is 3.50. The molecule has 2 atom stereocenters. The number of rotatable bonds is 14. The van der Waals surface area contributed by atoms with Gasteiger partial charge in [0.15, 0.2) is 11.6 Å². The van der Waals surface area contributed by atoms with Crippen molar-refractivity contribution < 1.29 is 37.3 Å². The molecule has 5 rings (SSSR count). The van der Waals surface area contributed by atoms with Crippen molar-refractivity contribution in [1.29, 1.82) is 0 Å². The Labute approximate surface area is 280 Å². The van der Waals surface area contributed by atoms with Crippen LogP contribution in [0.4, 0.5) is 18.9 Å². The zero-order chi connectivity index (χ0) is 34.9. The van der Waals surface area contributed by atoms with Crippen molar-refractivity contribution in [2.75, 3.05) is 20.3 Å². The molecule has 0 saturated carbocycles. The van der Waals surface area contributed by atoms with E-state index in [2.05, 4.69) is 20.9 Å². The van der Waals surface area contributed by atoms with E-state index in [1.807, 2.05) is 0 Å². The van der Waals surface area contributed by atoms with Gasteiger partial charge in [0.1, 0.15) is 11.5 Å². The monoisotopic (exact) mass is 674 g/mol. The maximum Gasteiger partial charge on any atom is 0.416 e. The van der Waals surface area contributed by atoms with Crippen LogP contribution < -0.4 is 20.3 Å². The molecule has 0 saturated heterocycles. The molecule has 1 amide bonds. The first-order valence-electron chi connectivity index (χ1n) is 15.2. The van der Waals surface area contributed by atoms with Gasteiger partial charge in [0.05, 0.1) is 19.3 Å². The van der Waals surface area contributed by atoms with Crippen molar-refractivity contribution in [3.05, 3.63) is 135 Å². The molecule has 1 heterocycles. The number of aliphatic hydroxyl groups is 1. The zero-order valence-corrected chi connectivity index (χ0v) is 26.4. The number of hydrogen-bond donors (Lipinski definition) is 3. The molecule has 0 radical (unpaired) electrons. The molecule has 14 heteroatoms. The molecular formula is C35H33F3N6O5. The third-order valence-corrected chi connectivity index (χ3v) is 7.78. The van der Waals surface area contributed by atoms with Gasteiger partial charge < -0.3 is 19.3 Å². The van der Waals surface area contributed by atoms with Gasteiger partial charge >= 0.3 is 6.18 Å². The average molecular weight is 675 g/mol. The summed E-state index contributed by atoms with van der Waals surface area (Å²) in [5.74, 6) is 0.558. The van der Waals surface area contributed by atoms with E-state index >= 15 is 0 Å². The number of azide groups is 1. The lowest BCUT2D eigenvalue weighted by molar-refractivity contribution is -0.137. The molecule has 0 fully saturated rings. The molecule has 1 aliphatic rings. The highest BCUT2D eigenvalue weighted by atomic mass is 19.4.